The smallest absolute Gasteiger partial charge is 0.255 e. The Morgan fingerprint density at radius 3 is 2.18 bits per heavy atom. The molecule has 2 rings (SSSR count). The minimum Gasteiger partial charge on any atom is -0.399 e. The van der Waals surface area contributed by atoms with E-state index in [0.29, 0.717) is 11.3 Å². The van der Waals surface area contributed by atoms with Crippen LogP contribution in [0.5, 0.6) is 0 Å². The third-order valence-electron chi connectivity index (χ3n) is 2.27. The zero-order valence-electron chi connectivity index (χ0n) is 8.98. The van der Waals surface area contributed by atoms with Gasteiger partial charge in [0.2, 0.25) is 0 Å². The van der Waals surface area contributed by atoms with E-state index in [0.717, 1.165) is 10.2 Å². The standard InChI is InChI=1S/C13H11BrN2O/c14-10-3-7-12(8-4-10)16-13(17)9-1-5-11(15)6-2-9/h1-8H,15H2,(H,16,17). The molecular weight excluding hydrogens is 280 g/mol. The van der Waals surface area contributed by atoms with Gasteiger partial charge in [-0.25, -0.2) is 0 Å². The van der Waals surface area contributed by atoms with Crippen LogP contribution in [0.2, 0.25) is 0 Å². The van der Waals surface area contributed by atoms with E-state index in [-0.39, 0.29) is 5.91 Å². The number of hydrogen-bond acceptors (Lipinski definition) is 2. The van der Waals surface area contributed by atoms with Crippen LogP contribution in [-0.4, -0.2) is 5.91 Å². The molecule has 0 saturated heterocycles. The largest absolute Gasteiger partial charge is 0.399 e. The van der Waals surface area contributed by atoms with Crippen molar-refractivity contribution in [3.05, 3.63) is 58.6 Å². The first kappa shape index (κ1) is 11.7. The Morgan fingerprint density at radius 1 is 1.00 bits per heavy atom. The molecule has 0 saturated carbocycles. The van der Waals surface area contributed by atoms with Gasteiger partial charge in [-0.15, -0.1) is 0 Å². The summed E-state index contributed by atoms with van der Waals surface area (Å²) in [5.41, 5.74) is 7.55. The number of halogens is 1. The van der Waals surface area contributed by atoms with Crippen LogP contribution in [0.3, 0.4) is 0 Å². The number of hydrogen-bond donors (Lipinski definition) is 2. The van der Waals surface area contributed by atoms with Crippen molar-refractivity contribution in [2.45, 2.75) is 0 Å². The summed E-state index contributed by atoms with van der Waals surface area (Å²) in [5.74, 6) is -0.146. The maximum Gasteiger partial charge on any atom is 0.255 e. The zero-order valence-corrected chi connectivity index (χ0v) is 10.6. The molecule has 17 heavy (non-hydrogen) atoms. The molecule has 4 heteroatoms. The third-order valence-corrected chi connectivity index (χ3v) is 2.80. The van der Waals surface area contributed by atoms with Crippen LogP contribution in [0.4, 0.5) is 11.4 Å². The van der Waals surface area contributed by atoms with E-state index in [4.69, 9.17) is 5.73 Å². The van der Waals surface area contributed by atoms with Crippen LogP contribution in [0.15, 0.2) is 53.0 Å². The number of nitrogens with two attached hydrogens (primary N) is 1. The predicted molar refractivity (Wildman–Crippen MR) is 72.9 cm³/mol. The van der Waals surface area contributed by atoms with E-state index in [1.165, 1.54) is 0 Å². The molecule has 0 aliphatic heterocycles. The lowest BCUT2D eigenvalue weighted by Gasteiger charge is -2.05. The maximum atomic E-state index is 11.8. The quantitative estimate of drug-likeness (QED) is 0.834. The van der Waals surface area contributed by atoms with Gasteiger partial charge >= 0.3 is 0 Å². The Kier molecular flexibility index (Phi) is 3.44. The van der Waals surface area contributed by atoms with E-state index in [9.17, 15) is 4.79 Å². The van der Waals surface area contributed by atoms with Crippen molar-refractivity contribution >= 4 is 33.2 Å². The molecule has 0 unspecified atom stereocenters. The van der Waals surface area contributed by atoms with E-state index in [1.54, 1.807) is 24.3 Å². The van der Waals surface area contributed by atoms with E-state index < -0.39 is 0 Å². The monoisotopic (exact) mass is 290 g/mol. The fraction of sp³-hybridized carbons (Fsp3) is 0. The first-order valence-electron chi connectivity index (χ1n) is 5.07. The molecule has 86 valence electrons. The van der Waals surface area contributed by atoms with Gasteiger partial charge in [0.05, 0.1) is 0 Å². The molecule has 0 aromatic heterocycles. The summed E-state index contributed by atoms with van der Waals surface area (Å²) in [4.78, 5) is 11.8. The van der Waals surface area contributed by atoms with Crippen molar-refractivity contribution < 1.29 is 4.79 Å². The summed E-state index contributed by atoms with van der Waals surface area (Å²) in [7, 11) is 0. The number of carbonyl (C=O) groups is 1. The maximum absolute atomic E-state index is 11.8. The topological polar surface area (TPSA) is 55.1 Å². The van der Waals surface area contributed by atoms with Crippen molar-refractivity contribution in [2.24, 2.45) is 0 Å². The SMILES string of the molecule is Nc1ccc(C(=O)Nc2ccc(Br)cc2)cc1. The summed E-state index contributed by atoms with van der Waals surface area (Å²) in [6, 6.07) is 14.2. The molecule has 3 nitrogen and oxygen atoms in total. The number of nitrogen functional groups attached to an aromatic ring is 1. The van der Waals surface area contributed by atoms with Gasteiger partial charge in [0.15, 0.2) is 0 Å². The highest BCUT2D eigenvalue weighted by molar-refractivity contribution is 9.10. The Labute approximate surface area is 108 Å². The fourth-order valence-electron chi connectivity index (χ4n) is 1.37. The van der Waals surface area contributed by atoms with Crippen LogP contribution in [-0.2, 0) is 0 Å². The predicted octanol–water partition coefficient (Wildman–Crippen LogP) is 3.28. The number of nitrogens with one attached hydrogen (secondary N) is 1. The molecule has 2 aromatic rings. The van der Waals surface area contributed by atoms with Crippen molar-refractivity contribution in [1.29, 1.82) is 0 Å². The van der Waals surface area contributed by atoms with Gasteiger partial charge in [0, 0.05) is 21.4 Å². The highest BCUT2D eigenvalue weighted by atomic mass is 79.9. The average Bonchev–Trinajstić information content (AvgIpc) is 2.33. The first-order chi connectivity index (χ1) is 8.15. The summed E-state index contributed by atoms with van der Waals surface area (Å²) in [5, 5.41) is 2.80. The molecule has 0 aliphatic carbocycles. The van der Waals surface area contributed by atoms with Crippen molar-refractivity contribution in [3.63, 3.8) is 0 Å². The van der Waals surface area contributed by atoms with Crippen LogP contribution in [0, 0.1) is 0 Å². The number of amides is 1. The Morgan fingerprint density at radius 2 is 1.59 bits per heavy atom. The van der Waals surface area contributed by atoms with Gasteiger partial charge in [0.25, 0.3) is 5.91 Å². The van der Waals surface area contributed by atoms with E-state index in [2.05, 4.69) is 21.2 Å². The van der Waals surface area contributed by atoms with E-state index in [1.807, 2.05) is 24.3 Å². The molecule has 0 radical (unpaired) electrons. The van der Waals surface area contributed by atoms with Crippen LogP contribution in [0.25, 0.3) is 0 Å². The second kappa shape index (κ2) is 5.01. The molecule has 0 bridgehead atoms. The van der Waals surface area contributed by atoms with Gasteiger partial charge in [-0.2, -0.15) is 0 Å². The summed E-state index contributed by atoms with van der Waals surface area (Å²) in [6.45, 7) is 0. The second-order valence-electron chi connectivity index (χ2n) is 3.58. The molecule has 3 N–H and O–H groups in total. The molecule has 0 fully saturated rings. The number of anilines is 2. The van der Waals surface area contributed by atoms with Crippen LogP contribution in [0.1, 0.15) is 10.4 Å². The van der Waals surface area contributed by atoms with Gasteiger partial charge in [-0.3, -0.25) is 4.79 Å². The van der Waals surface area contributed by atoms with E-state index >= 15 is 0 Å². The van der Waals surface area contributed by atoms with Crippen molar-refractivity contribution in [1.82, 2.24) is 0 Å². The van der Waals surface area contributed by atoms with Gasteiger partial charge in [-0.05, 0) is 48.5 Å². The summed E-state index contributed by atoms with van der Waals surface area (Å²) >= 11 is 3.34. The molecule has 1 amide bonds. The van der Waals surface area contributed by atoms with Crippen LogP contribution >= 0.6 is 15.9 Å². The van der Waals surface area contributed by atoms with Crippen molar-refractivity contribution in [3.8, 4) is 0 Å². The number of carbonyl (C=O) groups excluding carboxylic acids is 1. The molecule has 0 spiro atoms. The van der Waals surface area contributed by atoms with Crippen molar-refractivity contribution in [2.75, 3.05) is 11.1 Å². The minimum absolute atomic E-state index is 0.146. The lowest BCUT2D eigenvalue weighted by atomic mass is 10.2. The third kappa shape index (κ3) is 3.07. The molecule has 0 heterocycles. The Hall–Kier alpha value is -1.81. The molecular formula is C13H11BrN2O. The van der Waals surface area contributed by atoms with Crippen LogP contribution < -0.4 is 11.1 Å². The number of rotatable bonds is 2. The average molecular weight is 291 g/mol. The Balaban J connectivity index is 2.11. The van der Waals surface area contributed by atoms with Gasteiger partial charge in [0.1, 0.15) is 0 Å². The fourth-order valence-corrected chi connectivity index (χ4v) is 1.64. The lowest BCUT2D eigenvalue weighted by molar-refractivity contribution is 0.102. The summed E-state index contributed by atoms with van der Waals surface area (Å²) < 4.78 is 0.975. The summed E-state index contributed by atoms with van der Waals surface area (Å²) in [6.07, 6.45) is 0. The van der Waals surface area contributed by atoms with Gasteiger partial charge in [-0.1, -0.05) is 15.9 Å². The lowest BCUT2D eigenvalue weighted by Crippen LogP contribution is -2.11. The minimum atomic E-state index is -0.146. The normalized spacial score (nSPS) is 9.94. The zero-order chi connectivity index (χ0) is 12.3. The highest BCUT2D eigenvalue weighted by Crippen LogP contribution is 2.15. The highest BCUT2D eigenvalue weighted by Gasteiger charge is 2.05. The Bertz CT molecular complexity index is 520. The molecule has 0 aliphatic rings. The number of benzene rings is 2. The second-order valence-corrected chi connectivity index (χ2v) is 4.50. The molecule has 0 atom stereocenters. The molecule has 2 aromatic carbocycles. The first-order valence-corrected chi connectivity index (χ1v) is 5.87. The van der Waals surface area contributed by atoms with Gasteiger partial charge < -0.3 is 11.1 Å².